The summed E-state index contributed by atoms with van der Waals surface area (Å²) in [6.45, 7) is 4.78. The van der Waals surface area contributed by atoms with Crippen molar-refractivity contribution in [2.75, 3.05) is 6.61 Å². The molecule has 3 nitrogen and oxygen atoms in total. The van der Waals surface area contributed by atoms with Crippen molar-refractivity contribution >= 4 is 12.0 Å². The molecule has 2 aromatic rings. The Bertz CT molecular complexity index is 597. The molecule has 0 aliphatic rings. The molecule has 0 fully saturated rings. The van der Waals surface area contributed by atoms with Crippen LogP contribution in [0, 0.1) is 6.92 Å². The molecule has 0 N–H and O–H groups in total. The maximum absolute atomic E-state index is 11.9. The highest BCUT2D eigenvalue weighted by molar-refractivity contribution is 5.89. The van der Waals surface area contributed by atoms with Crippen LogP contribution in [0.1, 0.15) is 28.5 Å². The molecule has 0 atom stereocenters. The maximum Gasteiger partial charge on any atom is 0.355 e. The first kappa shape index (κ1) is 14.1. The summed E-state index contributed by atoms with van der Waals surface area (Å²) >= 11 is 0. The number of allylic oxidation sites excluding steroid dienone is 1. The van der Waals surface area contributed by atoms with Gasteiger partial charge >= 0.3 is 5.97 Å². The van der Waals surface area contributed by atoms with E-state index < -0.39 is 0 Å². The van der Waals surface area contributed by atoms with E-state index >= 15 is 0 Å². The molecule has 0 radical (unpaired) electrons. The molecule has 0 amide bonds. The maximum atomic E-state index is 11.9. The topological polar surface area (TPSA) is 31.2 Å². The minimum Gasteiger partial charge on any atom is -0.461 e. The van der Waals surface area contributed by atoms with E-state index in [4.69, 9.17) is 4.74 Å². The summed E-state index contributed by atoms with van der Waals surface area (Å²) in [7, 11) is 0. The summed E-state index contributed by atoms with van der Waals surface area (Å²) in [5, 5.41) is 0. The minimum atomic E-state index is -0.261. The largest absolute Gasteiger partial charge is 0.461 e. The second-order valence-electron chi connectivity index (χ2n) is 4.53. The predicted octanol–water partition coefficient (Wildman–Crippen LogP) is 3.69. The zero-order chi connectivity index (χ0) is 14.4. The Kier molecular flexibility index (Phi) is 4.77. The molecule has 0 saturated heterocycles. The lowest BCUT2D eigenvalue weighted by Crippen LogP contribution is -2.12. The van der Waals surface area contributed by atoms with Crippen LogP contribution < -0.4 is 0 Å². The lowest BCUT2D eigenvalue weighted by molar-refractivity contribution is 0.0513. The number of esters is 1. The molecule has 104 valence electrons. The molecule has 0 aliphatic carbocycles. The van der Waals surface area contributed by atoms with Gasteiger partial charge in [-0.15, -0.1) is 0 Å². The third-order valence-corrected chi connectivity index (χ3v) is 3.05. The first-order chi connectivity index (χ1) is 9.72. The Morgan fingerprint density at radius 1 is 1.25 bits per heavy atom. The Labute approximate surface area is 119 Å². The van der Waals surface area contributed by atoms with E-state index in [1.807, 2.05) is 73.2 Å². The molecule has 2 rings (SSSR count). The van der Waals surface area contributed by atoms with Crippen molar-refractivity contribution in [3.05, 3.63) is 65.5 Å². The van der Waals surface area contributed by atoms with Gasteiger partial charge < -0.3 is 9.30 Å². The summed E-state index contributed by atoms with van der Waals surface area (Å²) in [6, 6.07) is 12.0. The molecule has 20 heavy (non-hydrogen) atoms. The summed E-state index contributed by atoms with van der Waals surface area (Å²) in [4.78, 5) is 11.9. The van der Waals surface area contributed by atoms with Gasteiger partial charge in [0, 0.05) is 12.7 Å². The van der Waals surface area contributed by atoms with Crippen LogP contribution in [-0.4, -0.2) is 17.1 Å². The van der Waals surface area contributed by atoms with E-state index in [0.29, 0.717) is 18.8 Å². The number of aromatic nitrogens is 1. The van der Waals surface area contributed by atoms with Gasteiger partial charge in [-0.2, -0.15) is 0 Å². The van der Waals surface area contributed by atoms with Gasteiger partial charge in [0.1, 0.15) is 5.69 Å². The van der Waals surface area contributed by atoms with E-state index in [0.717, 1.165) is 11.1 Å². The predicted molar refractivity (Wildman–Crippen MR) is 80.6 cm³/mol. The Morgan fingerprint density at radius 2 is 2.00 bits per heavy atom. The molecule has 3 heteroatoms. The summed E-state index contributed by atoms with van der Waals surface area (Å²) in [5.74, 6) is -0.261. The number of ether oxygens (including phenoxy) is 1. The fourth-order valence-corrected chi connectivity index (χ4v) is 2.08. The normalized spacial score (nSPS) is 10.9. The first-order valence-electron chi connectivity index (χ1n) is 6.77. The highest BCUT2D eigenvalue weighted by Gasteiger charge is 2.14. The molecule has 1 heterocycles. The third kappa shape index (κ3) is 3.38. The first-order valence-corrected chi connectivity index (χ1v) is 6.77. The van der Waals surface area contributed by atoms with Crippen molar-refractivity contribution in [2.24, 2.45) is 0 Å². The van der Waals surface area contributed by atoms with Crippen molar-refractivity contribution in [2.45, 2.75) is 20.4 Å². The van der Waals surface area contributed by atoms with Crippen LogP contribution >= 0.6 is 0 Å². The van der Waals surface area contributed by atoms with Gasteiger partial charge in [0.15, 0.2) is 0 Å². The van der Waals surface area contributed by atoms with Gasteiger partial charge in [0.05, 0.1) is 6.61 Å². The summed E-state index contributed by atoms with van der Waals surface area (Å²) < 4.78 is 7.00. The SMILES string of the molecule is CCOC(=O)c1c(C)ccn1C/C=C/c1ccccc1. The number of carbonyl (C=O) groups excluding carboxylic acids is 1. The van der Waals surface area contributed by atoms with Crippen LogP contribution in [0.25, 0.3) is 6.08 Å². The van der Waals surface area contributed by atoms with E-state index in [2.05, 4.69) is 0 Å². The fraction of sp³-hybridized carbons (Fsp3) is 0.235. The van der Waals surface area contributed by atoms with Gasteiger partial charge in [0.25, 0.3) is 0 Å². The van der Waals surface area contributed by atoms with E-state index in [9.17, 15) is 4.79 Å². The van der Waals surface area contributed by atoms with Crippen molar-refractivity contribution in [3.8, 4) is 0 Å². The van der Waals surface area contributed by atoms with Crippen molar-refractivity contribution < 1.29 is 9.53 Å². The monoisotopic (exact) mass is 269 g/mol. The fourth-order valence-electron chi connectivity index (χ4n) is 2.08. The third-order valence-electron chi connectivity index (χ3n) is 3.05. The standard InChI is InChI=1S/C17H19NO2/c1-3-20-17(19)16-14(2)11-13-18(16)12-7-10-15-8-5-4-6-9-15/h4-11,13H,3,12H2,1-2H3/b10-7+. The van der Waals surface area contributed by atoms with Gasteiger partial charge in [0.2, 0.25) is 0 Å². The molecule has 0 bridgehead atoms. The molecule has 0 aliphatic heterocycles. The zero-order valence-corrected chi connectivity index (χ0v) is 11.9. The highest BCUT2D eigenvalue weighted by Crippen LogP contribution is 2.12. The molecule has 0 spiro atoms. The number of rotatable bonds is 5. The van der Waals surface area contributed by atoms with Crippen LogP contribution in [0.3, 0.4) is 0 Å². The van der Waals surface area contributed by atoms with Gasteiger partial charge in [-0.05, 0) is 31.0 Å². The Morgan fingerprint density at radius 3 is 2.70 bits per heavy atom. The van der Waals surface area contributed by atoms with Crippen molar-refractivity contribution in [3.63, 3.8) is 0 Å². The second-order valence-corrected chi connectivity index (χ2v) is 4.53. The van der Waals surface area contributed by atoms with E-state index in [1.54, 1.807) is 0 Å². The number of nitrogens with zero attached hydrogens (tertiary/aromatic N) is 1. The lowest BCUT2D eigenvalue weighted by atomic mass is 10.2. The smallest absolute Gasteiger partial charge is 0.355 e. The summed E-state index contributed by atoms with van der Waals surface area (Å²) in [5.41, 5.74) is 2.72. The van der Waals surface area contributed by atoms with Crippen LogP contribution in [-0.2, 0) is 11.3 Å². The average Bonchev–Trinajstić information content (AvgIpc) is 2.81. The molecule has 0 saturated carbocycles. The van der Waals surface area contributed by atoms with Crippen LogP contribution in [0.5, 0.6) is 0 Å². The Hall–Kier alpha value is -2.29. The number of hydrogen-bond donors (Lipinski definition) is 0. The summed E-state index contributed by atoms with van der Waals surface area (Å²) in [6.07, 6.45) is 6.00. The van der Waals surface area contributed by atoms with Crippen LogP contribution in [0.2, 0.25) is 0 Å². The number of carbonyl (C=O) groups is 1. The lowest BCUT2D eigenvalue weighted by Gasteiger charge is -2.07. The van der Waals surface area contributed by atoms with Crippen molar-refractivity contribution in [1.82, 2.24) is 4.57 Å². The zero-order valence-electron chi connectivity index (χ0n) is 11.9. The van der Waals surface area contributed by atoms with Gasteiger partial charge in [-0.3, -0.25) is 0 Å². The minimum absolute atomic E-state index is 0.261. The molecule has 0 unspecified atom stereocenters. The van der Waals surface area contributed by atoms with Crippen molar-refractivity contribution in [1.29, 1.82) is 0 Å². The number of benzene rings is 1. The van der Waals surface area contributed by atoms with E-state index in [-0.39, 0.29) is 5.97 Å². The molecule has 1 aromatic carbocycles. The van der Waals surface area contributed by atoms with Crippen LogP contribution in [0.4, 0.5) is 0 Å². The molecule has 1 aromatic heterocycles. The van der Waals surface area contributed by atoms with Gasteiger partial charge in [-0.1, -0.05) is 42.5 Å². The molecular formula is C17H19NO2. The Balaban J connectivity index is 2.10. The van der Waals surface area contributed by atoms with E-state index in [1.165, 1.54) is 0 Å². The second kappa shape index (κ2) is 6.75. The quantitative estimate of drug-likeness (QED) is 0.775. The highest BCUT2D eigenvalue weighted by atomic mass is 16.5. The molecular weight excluding hydrogens is 250 g/mol. The number of hydrogen-bond acceptors (Lipinski definition) is 2. The number of aryl methyl sites for hydroxylation is 1. The van der Waals surface area contributed by atoms with Gasteiger partial charge in [-0.25, -0.2) is 4.79 Å². The van der Waals surface area contributed by atoms with Crippen LogP contribution in [0.15, 0.2) is 48.7 Å². The average molecular weight is 269 g/mol.